The molecule has 2 aliphatic heterocycles. The van der Waals surface area contributed by atoms with Crippen molar-refractivity contribution in [1.82, 2.24) is 9.80 Å². The average molecular weight is 394 g/mol. The maximum atomic E-state index is 13.0. The van der Waals surface area contributed by atoms with Crippen LogP contribution < -0.4 is 5.32 Å². The largest absolute Gasteiger partial charge is 0.507 e. The predicted molar refractivity (Wildman–Crippen MR) is 116 cm³/mol. The zero-order valence-corrected chi connectivity index (χ0v) is 17.3. The second-order valence-corrected chi connectivity index (χ2v) is 8.38. The van der Waals surface area contributed by atoms with Gasteiger partial charge in [0, 0.05) is 35.5 Å². The zero-order chi connectivity index (χ0) is 20.2. The SMILES string of the molecule is Cc1ccccc1NC(=O)c1cc(CN2CCCC2)c(O)c(CN2CCCC2)c1. The van der Waals surface area contributed by atoms with E-state index < -0.39 is 0 Å². The highest BCUT2D eigenvalue weighted by atomic mass is 16.3. The molecule has 2 heterocycles. The van der Waals surface area contributed by atoms with Crippen LogP contribution in [0, 0.1) is 6.92 Å². The van der Waals surface area contributed by atoms with E-state index in [1.807, 2.05) is 43.3 Å². The Kier molecular flexibility index (Phi) is 6.16. The highest BCUT2D eigenvalue weighted by molar-refractivity contribution is 6.05. The van der Waals surface area contributed by atoms with Crippen molar-refractivity contribution in [2.45, 2.75) is 45.7 Å². The molecule has 0 aromatic heterocycles. The number of likely N-dealkylation sites (tertiary alicyclic amines) is 2. The first kappa shape index (κ1) is 19.9. The Balaban J connectivity index is 1.61. The predicted octanol–water partition coefficient (Wildman–Crippen LogP) is 4.14. The number of benzene rings is 2. The molecule has 0 saturated carbocycles. The van der Waals surface area contributed by atoms with Crippen molar-refractivity contribution in [3.63, 3.8) is 0 Å². The summed E-state index contributed by atoms with van der Waals surface area (Å²) in [4.78, 5) is 17.8. The molecule has 2 aliphatic rings. The highest BCUT2D eigenvalue weighted by Gasteiger charge is 2.21. The molecule has 5 heteroatoms. The minimum atomic E-state index is -0.121. The number of para-hydroxylation sites is 1. The Hall–Kier alpha value is -2.37. The van der Waals surface area contributed by atoms with E-state index >= 15 is 0 Å². The van der Waals surface area contributed by atoms with Crippen LogP contribution in [0.15, 0.2) is 36.4 Å². The van der Waals surface area contributed by atoms with E-state index in [1.165, 1.54) is 25.7 Å². The number of carbonyl (C=O) groups excluding carboxylic acids is 1. The third kappa shape index (κ3) is 4.80. The lowest BCUT2D eigenvalue weighted by Gasteiger charge is -2.21. The number of aryl methyl sites for hydroxylation is 1. The molecule has 5 nitrogen and oxygen atoms in total. The van der Waals surface area contributed by atoms with Gasteiger partial charge in [-0.1, -0.05) is 18.2 Å². The standard InChI is InChI=1S/C24H31N3O2/c1-18-8-2-3-9-22(18)25-24(29)19-14-20(16-26-10-4-5-11-26)23(28)21(15-19)17-27-12-6-7-13-27/h2-3,8-9,14-15,28H,4-7,10-13,16-17H2,1H3,(H,25,29). The topological polar surface area (TPSA) is 55.8 Å². The van der Waals surface area contributed by atoms with E-state index in [0.29, 0.717) is 24.4 Å². The Morgan fingerprint density at radius 3 is 1.97 bits per heavy atom. The van der Waals surface area contributed by atoms with Gasteiger partial charge in [0.1, 0.15) is 5.75 Å². The quantitative estimate of drug-likeness (QED) is 0.774. The van der Waals surface area contributed by atoms with Crippen molar-refractivity contribution < 1.29 is 9.90 Å². The van der Waals surface area contributed by atoms with Crippen molar-refractivity contribution in [3.05, 3.63) is 58.7 Å². The van der Waals surface area contributed by atoms with E-state index in [1.54, 1.807) is 0 Å². The molecular formula is C24H31N3O2. The number of phenolic OH excluding ortho intramolecular Hbond substituents is 1. The van der Waals surface area contributed by atoms with E-state index in [0.717, 1.165) is 48.6 Å². The Morgan fingerprint density at radius 2 is 1.45 bits per heavy atom. The van der Waals surface area contributed by atoms with Gasteiger partial charge in [0.25, 0.3) is 5.91 Å². The summed E-state index contributed by atoms with van der Waals surface area (Å²) in [6.07, 6.45) is 4.81. The van der Waals surface area contributed by atoms with Gasteiger partial charge >= 0.3 is 0 Å². The van der Waals surface area contributed by atoms with Crippen LogP contribution in [-0.4, -0.2) is 47.0 Å². The van der Waals surface area contributed by atoms with Crippen LogP contribution in [0.1, 0.15) is 52.7 Å². The number of phenols is 1. The summed E-state index contributed by atoms with van der Waals surface area (Å²) in [6, 6.07) is 11.5. The van der Waals surface area contributed by atoms with Crippen molar-refractivity contribution >= 4 is 11.6 Å². The van der Waals surface area contributed by atoms with Crippen LogP contribution in [0.3, 0.4) is 0 Å². The summed E-state index contributed by atoms with van der Waals surface area (Å²) in [5, 5.41) is 14.0. The van der Waals surface area contributed by atoms with Gasteiger partial charge in [-0.2, -0.15) is 0 Å². The summed E-state index contributed by atoms with van der Waals surface area (Å²) in [5.41, 5.74) is 4.20. The summed E-state index contributed by atoms with van der Waals surface area (Å²) < 4.78 is 0. The first-order chi connectivity index (χ1) is 14.1. The van der Waals surface area contributed by atoms with Gasteiger partial charge in [-0.3, -0.25) is 14.6 Å². The molecule has 0 unspecified atom stereocenters. The second-order valence-electron chi connectivity index (χ2n) is 8.38. The molecule has 2 saturated heterocycles. The first-order valence-corrected chi connectivity index (χ1v) is 10.8. The summed E-state index contributed by atoms with van der Waals surface area (Å²) in [7, 11) is 0. The van der Waals surface area contributed by atoms with E-state index in [9.17, 15) is 9.90 Å². The third-order valence-electron chi connectivity index (χ3n) is 6.11. The highest BCUT2D eigenvalue weighted by Crippen LogP contribution is 2.30. The summed E-state index contributed by atoms with van der Waals surface area (Å²) in [5.74, 6) is 0.237. The molecule has 0 radical (unpaired) electrons. The maximum Gasteiger partial charge on any atom is 0.255 e. The van der Waals surface area contributed by atoms with Crippen molar-refractivity contribution in [3.8, 4) is 5.75 Å². The third-order valence-corrected chi connectivity index (χ3v) is 6.11. The van der Waals surface area contributed by atoms with Gasteiger partial charge in [0.2, 0.25) is 0 Å². The molecule has 29 heavy (non-hydrogen) atoms. The molecule has 0 bridgehead atoms. The molecule has 0 spiro atoms. The van der Waals surface area contributed by atoms with Crippen molar-refractivity contribution in [2.24, 2.45) is 0 Å². The number of nitrogens with zero attached hydrogens (tertiary/aromatic N) is 2. The van der Waals surface area contributed by atoms with E-state index in [-0.39, 0.29) is 5.91 Å². The summed E-state index contributed by atoms with van der Waals surface area (Å²) in [6.45, 7) is 7.61. The van der Waals surface area contributed by atoms with E-state index in [4.69, 9.17) is 0 Å². The van der Waals surface area contributed by atoms with Crippen LogP contribution in [0.5, 0.6) is 5.75 Å². The average Bonchev–Trinajstić information content (AvgIpc) is 3.41. The number of hydrogen-bond donors (Lipinski definition) is 2. The van der Waals surface area contributed by atoms with Crippen LogP contribution in [-0.2, 0) is 13.1 Å². The van der Waals surface area contributed by atoms with Crippen molar-refractivity contribution in [2.75, 3.05) is 31.5 Å². The molecule has 154 valence electrons. The Labute approximate surface area is 173 Å². The molecule has 0 aliphatic carbocycles. The van der Waals surface area contributed by atoms with Gasteiger partial charge < -0.3 is 10.4 Å². The fourth-order valence-electron chi connectivity index (χ4n) is 4.40. The van der Waals surface area contributed by atoms with Gasteiger partial charge in [-0.25, -0.2) is 0 Å². The lowest BCUT2D eigenvalue weighted by molar-refractivity contribution is 0.102. The number of rotatable bonds is 6. The monoisotopic (exact) mass is 393 g/mol. The fourth-order valence-corrected chi connectivity index (χ4v) is 4.40. The number of amides is 1. The van der Waals surface area contributed by atoms with Crippen LogP contribution >= 0.6 is 0 Å². The van der Waals surface area contributed by atoms with Gasteiger partial charge in [-0.15, -0.1) is 0 Å². The summed E-state index contributed by atoms with van der Waals surface area (Å²) >= 11 is 0. The molecular weight excluding hydrogens is 362 g/mol. The van der Waals surface area contributed by atoms with Crippen LogP contribution in [0.25, 0.3) is 0 Å². The minimum Gasteiger partial charge on any atom is -0.507 e. The smallest absolute Gasteiger partial charge is 0.255 e. The molecule has 4 rings (SSSR count). The normalized spacial score (nSPS) is 17.7. The maximum absolute atomic E-state index is 13.0. The molecule has 2 aromatic rings. The Morgan fingerprint density at radius 1 is 0.931 bits per heavy atom. The molecule has 1 amide bonds. The number of nitrogens with one attached hydrogen (secondary N) is 1. The minimum absolute atomic E-state index is 0.121. The number of aromatic hydroxyl groups is 1. The van der Waals surface area contributed by atoms with Gasteiger partial charge in [0.05, 0.1) is 0 Å². The lowest BCUT2D eigenvalue weighted by Crippen LogP contribution is -2.22. The number of anilines is 1. The van der Waals surface area contributed by atoms with Gasteiger partial charge in [-0.05, 0) is 82.5 Å². The zero-order valence-electron chi connectivity index (χ0n) is 17.3. The number of carbonyl (C=O) groups is 1. The molecule has 2 N–H and O–H groups in total. The first-order valence-electron chi connectivity index (χ1n) is 10.8. The van der Waals surface area contributed by atoms with Crippen LogP contribution in [0.2, 0.25) is 0 Å². The molecule has 2 fully saturated rings. The van der Waals surface area contributed by atoms with Crippen LogP contribution in [0.4, 0.5) is 5.69 Å². The number of hydrogen-bond acceptors (Lipinski definition) is 4. The fraction of sp³-hybridized carbons (Fsp3) is 0.458. The second kappa shape index (κ2) is 8.97. The van der Waals surface area contributed by atoms with Gasteiger partial charge in [0.15, 0.2) is 0 Å². The molecule has 0 atom stereocenters. The van der Waals surface area contributed by atoms with Crippen molar-refractivity contribution in [1.29, 1.82) is 0 Å². The van der Waals surface area contributed by atoms with E-state index in [2.05, 4.69) is 15.1 Å². The molecule has 2 aromatic carbocycles. The Bertz CT molecular complexity index is 829. The lowest BCUT2D eigenvalue weighted by atomic mass is 10.0.